The Morgan fingerprint density at radius 3 is 3.00 bits per heavy atom. The minimum atomic E-state index is -0.0312. The molecule has 2 heterocycles. The third-order valence-electron chi connectivity index (χ3n) is 3.34. The van der Waals surface area contributed by atoms with E-state index in [1.807, 2.05) is 25.3 Å². The predicted octanol–water partition coefficient (Wildman–Crippen LogP) is 2.10. The lowest BCUT2D eigenvalue weighted by Crippen LogP contribution is -2.29. The van der Waals surface area contributed by atoms with Gasteiger partial charge in [-0.2, -0.15) is 0 Å². The van der Waals surface area contributed by atoms with Crippen LogP contribution in [0.1, 0.15) is 0 Å². The number of thioether (sulfide) groups is 2. The van der Waals surface area contributed by atoms with Crippen molar-refractivity contribution in [2.45, 2.75) is 10.3 Å². The van der Waals surface area contributed by atoms with Gasteiger partial charge in [-0.1, -0.05) is 35.7 Å². The van der Waals surface area contributed by atoms with Gasteiger partial charge in [-0.15, -0.1) is 0 Å². The van der Waals surface area contributed by atoms with E-state index in [-0.39, 0.29) is 18.0 Å². The molecule has 1 aromatic rings. The smallest absolute Gasteiger partial charge is 0.294 e. The molecule has 0 bridgehead atoms. The molecule has 2 aliphatic rings. The molecule has 1 amide bonds. The standard InChI is InChI=1S/C14H14N2O3S2/c1-15-10-4-2-3-5-11(10)21-13(15)6-14-16(8-19-9-17)12(18)7-20-14/h2-6,9,13H,7-8H2,1H3/b14-6-. The molecule has 0 radical (unpaired) electrons. The number of rotatable bonds is 4. The summed E-state index contributed by atoms with van der Waals surface area (Å²) in [5.41, 5.74) is 1.19. The second-order valence-corrected chi connectivity index (χ2v) is 6.75. The van der Waals surface area contributed by atoms with E-state index < -0.39 is 0 Å². The van der Waals surface area contributed by atoms with Gasteiger partial charge in [0.15, 0.2) is 6.73 Å². The average molecular weight is 322 g/mol. The van der Waals surface area contributed by atoms with Gasteiger partial charge in [0.25, 0.3) is 6.47 Å². The molecular weight excluding hydrogens is 308 g/mol. The number of benzene rings is 1. The third kappa shape index (κ3) is 2.75. The number of ether oxygens (including phenoxy) is 1. The largest absolute Gasteiger partial charge is 0.446 e. The number of anilines is 1. The summed E-state index contributed by atoms with van der Waals surface area (Å²) >= 11 is 3.22. The van der Waals surface area contributed by atoms with Gasteiger partial charge in [0, 0.05) is 11.9 Å². The molecule has 1 fully saturated rings. The Hall–Kier alpha value is -1.60. The Labute approximate surface area is 131 Å². The Kier molecular flexibility index (Phi) is 4.12. The highest BCUT2D eigenvalue weighted by molar-refractivity contribution is 8.04. The van der Waals surface area contributed by atoms with Gasteiger partial charge in [0.1, 0.15) is 5.37 Å². The van der Waals surface area contributed by atoms with Crippen LogP contribution in [0.4, 0.5) is 5.69 Å². The monoisotopic (exact) mass is 322 g/mol. The van der Waals surface area contributed by atoms with Gasteiger partial charge in [-0.05, 0) is 18.2 Å². The topological polar surface area (TPSA) is 49.9 Å². The number of para-hydroxylation sites is 1. The van der Waals surface area contributed by atoms with E-state index in [0.29, 0.717) is 12.2 Å². The summed E-state index contributed by atoms with van der Waals surface area (Å²) in [7, 11) is 2.04. The molecule has 110 valence electrons. The van der Waals surface area contributed by atoms with Crippen LogP contribution in [-0.2, 0) is 14.3 Å². The van der Waals surface area contributed by atoms with Crippen LogP contribution >= 0.6 is 23.5 Å². The highest BCUT2D eigenvalue weighted by Crippen LogP contribution is 2.44. The summed E-state index contributed by atoms with van der Waals surface area (Å²) in [6, 6.07) is 8.22. The molecule has 0 spiro atoms. The van der Waals surface area contributed by atoms with Crippen molar-refractivity contribution in [3.63, 3.8) is 0 Å². The summed E-state index contributed by atoms with van der Waals surface area (Å²) in [5.74, 6) is 0.360. The third-order valence-corrected chi connectivity index (χ3v) is 5.68. The highest BCUT2D eigenvalue weighted by atomic mass is 32.2. The van der Waals surface area contributed by atoms with Crippen LogP contribution in [0.3, 0.4) is 0 Å². The highest BCUT2D eigenvalue weighted by Gasteiger charge is 2.31. The van der Waals surface area contributed by atoms with Crippen molar-refractivity contribution in [2.24, 2.45) is 0 Å². The van der Waals surface area contributed by atoms with E-state index in [9.17, 15) is 9.59 Å². The molecule has 1 atom stereocenters. The van der Waals surface area contributed by atoms with E-state index in [1.54, 1.807) is 11.8 Å². The fourth-order valence-electron chi connectivity index (χ4n) is 2.26. The maximum absolute atomic E-state index is 11.8. The minimum Gasteiger partial charge on any atom is -0.446 e. The van der Waals surface area contributed by atoms with Crippen LogP contribution in [0.2, 0.25) is 0 Å². The lowest BCUT2D eigenvalue weighted by molar-refractivity contribution is -0.138. The van der Waals surface area contributed by atoms with E-state index in [2.05, 4.69) is 17.0 Å². The van der Waals surface area contributed by atoms with Gasteiger partial charge < -0.3 is 9.64 Å². The molecule has 0 saturated carbocycles. The molecule has 1 saturated heterocycles. The normalized spacial score (nSPS) is 22.8. The van der Waals surface area contributed by atoms with Crippen LogP contribution in [0.25, 0.3) is 0 Å². The lowest BCUT2D eigenvalue weighted by atomic mass is 10.3. The fourth-order valence-corrected chi connectivity index (χ4v) is 4.52. The van der Waals surface area contributed by atoms with E-state index in [4.69, 9.17) is 4.74 Å². The maximum atomic E-state index is 11.8. The van der Waals surface area contributed by atoms with Crippen molar-refractivity contribution >= 4 is 41.6 Å². The summed E-state index contributed by atoms with van der Waals surface area (Å²) < 4.78 is 4.72. The fraction of sp³-hybridized carbons (Fsp3) is 0.286. The van der Waals surface area contributed by atoms with E-state index >= 15 is 0 Å². The number of likely N-dealkylation sites (N-methyl/N-ethyl adjacent to an activating group) is 1. The molecule has 1 aromatic carbocycles. The molecule has 21 heavy (non-hydrogen) atoms. The van der Waals surface area contributed by atoms with E-state index in [1.165, 1.54) is 27.2 Å². The Morgan fingerprint density at radius 2 is 2.24 bits per heavy atom. The van der Waals surface area contributed by atoms with Crippen LogP contribution in [-0.4, -0.2) is 42.2 Å². The molecule has 1 unspecified atom stereocenters. The number of hydrogen-bond acceptors (Lipinski definition) is 6. The van der Waals surface area contributed by atoms with Crippen molar-refractivity contribution in [3.8, 4) is 0 Å². The van der Waals surface area contributed by atoms with Gasteiger partial charge in [0.05, 0.1) is 16.5 Å². The number of hydrogen-bond donors (Lipinski definition) is 0. The Morgan fingerprint density at radius 1 is 1.43 bits per heavy atom. The molecule has 0 aliphatic carbocycles. The number of fused-ring (bicyclic) bond motifs is 1. The first-order chi connectivity index (χ1) is 10.2. The predicted molar refractivity (Wildman–Crippen MR) is 83.9 cm³/mol. The van der Waals surface area contributed by atoms with Crippen molar-refractivity contribution in [1.29, 1.82) is 0 Å². The zero-order valence-electron chi connectivity index (χ0n) is 11.4. The molecule has 0 N–H and O–H groups in total. The Balaban J connectivity index is 1.79. The molecule has 0 aromatic heterocycles. The van der Waals surface area contributed by atoms with Crippen LogP contribution in [0.5, 0.6) is 0 Å². The van der Waals surface area contributed by atoms with Gasteiger partial charge >= 0.3 is 0 Å². The first-order valence-corrected chi connectivity index (χ1v) is 8.26. The molecular formula is C14H14N2O3S2. The summed E-state index contributed by atoms with van der Waals surface area (Å²) in [4.78, 5) is 27.0. The van der Waals surface area contributed by atoms with Crippen LogP contribution < -0.4 is 4.90 Å². The Bertz CT molecular complexity index is 606. The number of carbonyl (C=O) groups excluding carboxylic acids is 2. The average Bonchev–Trinajstić information content (AvgIpc) is 2.99. The van der Waals surface area contributed by atoms with Crippen molar-refractivity contribution in [3.05, 3.63) is 35.4 Å². The second-order valence-electron chi connectivity index (χ2n) is 4.59. The molecule has 7 heteroatoms. The first-order valence-electron chi connectivity index (χ1n) is 6.39. The SMILES string of the molecule is CN1c2ccccc2SC1/C=C1\SCC(=O)N1COC=O. The summed E-state index contributed by atoms with van der Waals surface area (Å²) in [5, 5.41) is 0.980. The lowest BCUT2D eigenvalue weighted by Gasteiger charge is -2.21. The van der Waals surface area contributed by atoms with Gasteiger partial charge in [-0.3, -0.25) is 14.5 Å². The number of carbonyl (C=O) groups is 2. The van der Waals surface area contributed by atoms with Crippen LogP contribution in [0, 0.1) is 0 Å². The van der Waals surface area contributed by atoms with Crippen molar-refractivity contribution in [2.75, 3.05) is 24.4 Å². The quantitative estimate of drug-likeness (QED) is 0.791. The number of amides is 1. The zero-order valence-corrected chi connectivity index (χ0v) is 13.0. The van der Waals surface area contributed by atoms with E-state index in [0.717, 1.165) is 5.03 Å². The minimum absolute atomic E-state index is 0.0186. The van der Waals surface area contributed by atoms with Gasteiger partial charge in [0.2, 0.25) is 5.91 Å². The second kappa shape index (κ2) is 6.03. The molecule has 3 rings (SSSR count). The maximum Gasteiger partial charge on any atom is 0.294 e. The number of nitrogens with zero attached hydrogens (tertiary/aromatic N) is 2. The molecule has 5 nitrogen and oxygen atoms in total. The first kappa shape index (κ1) is 14.3. The molecule has 2 aliphatic heterocycles. The van der Waals surface area contributed by atoms with Crippen molar-refractivity contribution < 1.29 is 14.3 Å². The summed E-state index contributed by atoms with van der Waals surface area (Å²) in [6.45, 7) is 0.343. The zero-order chi connectivity index (χ0) is 14.8. The van der Waals surface area contributed by atoms with Crippen molar-refractivity contribution in [1.82, 2.24) is 4.90 Å². The van der Waals surface area contributed by atoms with Crippen LogP contribution in [0.15, 0.2) is 40.3 Å². The summed E-state index contributed by atoms with van der Waals surface area (Å²) in [6.07, 6.45) is 2.05. The van der Waals surface area contributed by atoms with Gasteiger partial charge in [-0.25, -0.2) is 0 Å².